The third-order valence-corrected chi connectivity index (χ3v) is 5.78. The fourth-order valence-corrected chi connectivity index (χ4v) is 3.16. The number of aromatic carboxylic acids is 1. The monoisotopic (exact) mass is 455 g/mol. The molecule has 0 saturated carbocycles. The molecular formula is C24H27BFNO6. The lowest BCUT2D eigenvalue weighted by atomic mass is 9.77. The summed E-state index contributed by atoms with van der Waals surface area (Å²) in [5.41, 5.74) is 0.0968. The van der Waals surface area contributed by atoms with Crippen molar-refractivity contribution in [1.29, 1.82) is 0 Å². The molecule has 2 N–H and O–H groups in total. The normalized spacial score (nSPS) is 17.0. The lowest BCUT2D eigenvalue weighted by molar-refractivity contribution is 0.00578. The first-order valence-corrected chi connectivity index (χ1v) is 10.5. The van der Waals surface area contributed by atoms with Crippen LogP contribution in [0.25, 0.3) is 6.08 Å². The molecular weight excluding hydrogens is 428 g/mol. The largest absolute Gasteiger partial charge is 0.492 e. The highest BCUT2D eigenvalue weighted by molar-refractivity contribution is 6.56. The summed E-state index contributed by atoms with van der Waals surface area (Å²) in [6.45, 7) is 7.71. The first-order chi connectivity index (χ1) is 15.5. The zero-order valence-corrected chi connectivity index (χ0v) is 19.1. The van der Waals surface area contributed by atoms with Gasteiger partial charge in [-0.25, -0.2) is 14.0 Å². The van der Waals surface area contributed by atoms with Gasteiger partial charge in [-0.1, -0.05) is 42.5 Å². The molecule has 0 unspecified atom stereocenters. The zero-order chi connectivity index (χ0) is 24.2. The van der Waals surface area contributed by atoms with Gasteiger partial charge >= 0.3 is 19.2 Å². The minimum atomic E-state index is -1.37. The number of amides is 1. The Morgan fingerprint density at radius 3 is 2.33 bits per heavy atom. The van der Waals surface area contributed by atoms with Crippen molar-refractivity contribution in [1.82, 2.24) is 5.32 Å². The van der Waals surface area contributed by atoms with Gasteiger partial charge in [0.2, 0.25) is 0 Å². The number of carbonyl (C=O) groups is 2. The summed E-state index contributed by atoms with van der Waals surface area (Å²) in [6, 6.07) is 13.0. The summed E-state index contributed by atoms with van der Waals surface area (Å²) < 4.78 is 31.2. The molecule has 1 heterocycles. The zero-order valence-electron chi connectivity index (χ0n) is 19.1. The van der Waals surface area contributed by atoms with Crippen LogP contribution in [-0.2, 0) is 20.7 Å². The number of carboxylic acids is 1. The number of nitrogens with one attached hydrogen (secondary N) is 1. The van der Waals surface area contributed by atoms with Crippen molar-refractivity contribution in [2.45, 2.75) is 45.5 Å². The van der Waals surface area contributed by atoms with Gasteiger partial charge in [0.15, 0.2) is 0 Å². The summed E-state index contributed by atoms with van der Waals surface area (Å²) in [4.78, 5) is 23.6. The highest BCUT2D eigenvalue weighted by Gasteiger charge is 2.52. The Labute approximate surface area is 192 Å². The van der Waals surface area contributed by atoms with Gasteiger partial charge in [0.05, 0.1) is 16.8 Å². The van der Waals surface area contributed by atoms with Gasteiger partial charge in [0, 0.05) is 6.54 Å². The first kappa shape index (κ1) is 24.5. The van der Waals surface area contributed by atoms with Crippen LogP contribution in [0.4, 0.5) is 9.18 Å². The molecule has 7 nitrogen and oxygen atoms in total. The van der Waals surface area contributed by atoms with E-state index in [1.165, 1.54) is 12.1 Å². The molecule has 0 bridgehead atoms. The summed E-state index contributed by atoms with van der Waals surface area (Å²) in [6.07, 6.45) is 0.984. The topological polar surface area (TPSA) is 94.1 Å². The average Bonchev–Trinajstić information content (AvgIpc) is 2.98. The second-order valence-electron chi connectivity index (χ2n) is 8.77. The number of rotatable bonds is 7. The smallest absolute Gasteiger partial charge is 0.478 e. The van der Waals surface area contributed by atoms with Crippen molar-refractivity contribution in [3.05, 3.63) is 76.5 Å². The Bertz CT molecular complexity index is 1040. The van der Waals surface area contributed by atoms with Crippen LogP contribution in [0.3, 0.4) is 0 Å². The predicted molar refractivity (Wildman–Crippen MR) is 122 cm³/mol. The van der Waals surface area contributed by atoms with Crippen LogP contribution in [0.5, 0.6) is 0 Å². The van der Waals surface area contributed by atoms with Gasteiger partial charge in [-0.2, -0.15) is 0 Å². The number of benzene rings is 2. The van der Waals surface area contributed by atoms with E-state index in [1.807, 2.05) is 58.0 Å². The van der Waals surface area contributed by atoms with Crippen LogP contribution in [-0.4, -0.2) is 42.0 Å². The lowest BCUT2D eigenvalue weighted by Crippen LogP contribution is -2.41. The molecule has 1 saturated heterocycles. The number of carboxylic acid groups (broad SMARTS) is 1. The third-order valence-electron chi connectivity index (χ3n) is 5.78. The minimum absolute atomic E-state index is 0.0181. The molecule has 33 heavy (non-hydrogen) atoms. The maximum absolute atomic E-state index is 13.8. The van der Waals surface area contributed by atoms with Crippen molar-refractivity contribution in [3.8, 4) is 0 Å². The molecule has 0 spiro atoms. The second-order valence-corrected chi connectivity index (χ2v) is 8.77. The van der Waals surface area contributed by atoms with Crippen LogP contribution in [0.15, 0.2) is 54.0 Å². The summed E-state index contributed by atoms with van der Waals surface area (Å²) in [5, 5.41) is 11.9. The molecule has 3 rings (SSSR count). The van der Waals surface area contributed by atoms with E-state index in [4.69, 9.17) is 14.0 Å². The summed E-state index contributed by atoms with van der Waals surface area (Å²) in [5.74, 6) is -2.21. The van der Waals surface area contributed by atoms with Gasteiger partial charge in [0.1, 0.15) is 12.4 Å². The van der Waals surface area contributed by atoms with E-state index in [9.17, 15) is 19.1 Å². The van der Waals surface area contributed by atoms with E-state index in [-0.39, 0.29) is 13.2 Å². The van der Waals surface area contributed by atoms with Crippen LogP contribution < -0.4 is 5.32 Å². The number of alkyl carbamates (subject to hydrolysis) is 1. The highest BCUT2D eigenvalue weighted by Crippen LogP contribution is 2.38. The SMILES string of the molecule is CC1(C)OB(C(=Cc2ccc(F)c(C(=O)O)c2)CNC(=O)OCc2ccccc2)OC1(C)C. The van der Waals surface area contributed by atoms with Gasteiger partial charge < -0.3 is 24.5 Å². The molecule has 9 heteroatoms. The summed E-state index contributed by atoms with van der Waals surface area (Å²) in [7, 11) is -0.803. The maximum Gasteiger partial charge on any atom is 0.492 e. The van der Waals surface area contributed by atoms with Crippen LogP contribution >= 0.6 is 0 Å². The molecule has 0 aromatic heterocycles. The van der Waals surface area contributed by atoms with Crippen molar-refractivity contribution >= 4 is 25.3 Å². The average molecular weight is 455 g/mol. The Balaban J connectivity index is 1.79. The molecule has 0 radical (unpaired) electrons. The quantitative estimate of drug-likeness (QED) is 0.599. The Morgan fingerprint density at radius 2 is 1.73 bits per heavy atom. The Morgan fingerprint density at radius 1 is 1.09 bits per heavy atom. The van der Waals surface area contributed by atoms with Gasteiger partial charge in [-0.3, -0.25) is 0 Å². The molecule has 1 fully saturated rings. The van der Waals surface area contributed by atoms with E-state index in [2.05, 4.69) is 5.32 Å². The fraction of sp³-hybridized carbons (Fsp3) is 0.333. The van der Waals surface area contributed by atoms with Crippen molar-refractivity contribution in [2.75, 3.05) is 6.54 Å². The molecule has 0 aliphatic carbocycles. The lowest BCUT2D eigenvalue weighted by Gasteiger charge is -2.32. The fourth-order valence-electron chi connectivity index (χ4n) is 3.16. The molecule has 174 valence electrons. The third kappa shape index (κ3) is 6.00. The van der Waals surface area contributed by atoms with Crippen molar-refractivity contribution in [3.63, 3.8) is 0 Å². The Kier molecular flexibility index (Phi) is 7.24. The van der Waals surface area contributed by atoms with Gasteiger partial charge in [-0.05, 0) is 56.4 Å². The van der Waals surface area contributed by atoms with E-state index in [0.29, 0.717) is 11.0 Å². The number of ether oxygens (including phenoxy) is 1. The van der Waals surface area contributed by atoms with E-state index in [1.54, 1.807) is 6.08 Å². The van der Waals surface area contributed by atoms with Crippen molar-refractivity contribution in [2.24, 2.45) is 0 Å². The minimum Gasteiger partial charge on any atom is -0.478 e. The molecule has 2 aromatic carbocycles. The van der Waals surface area contributed by atoms with E-state index in [0.717, 1.165) is 11.6 Å². The maximum atomic E-state index is 13.8. The summed E-state index contributed by atoms with van der Waals surface area (Å²) >= 11 is 0. The number of halogens is 1. The van der Waals surface area contributed by atoms with Crippen LogP contribution in [0.1, 0.15) is 49.2 Å². The number of hydrogen-bond acceptors (Lipinski definition) is 5. The molecule has 0 atom stereocenters. The predicted octanol–water partition coefficient (Wildman–Crippen LogP) is 4.47. The second kappa shape index (κ2) is 9.76. The Hall–Kier alpha value is -3.17. The van der Waals surface area contributed by atoms with Crippen LogP contribution in [0, 0.1) is 5.82 Å². The standard InChI is InChI=1S/C24H27BFNO6/c1-23(2)24(3,4)33-25(32-23)18(12-17-10-11-20(26)19(13-17)21(28)29)14-27-22(30)31-15-16-8-6-5-7-9-16/h5-13H,14-15H2,1-4H3,(H,27,30)(H,28,29). The van der Waals surface area contributed by atoms with Gasteiger partial charge in [0.25, 0.3) is 0 Å². The van der Waals surface area contributed by atoms with E-state index >= 15 is 0 Å². The molecule has 1 aliphatic rings. The van der Waals surface area contributed by atoms with Gasteiger partial charge in [-0.15, -0.1) is 0 Å². The number of carbonyl (C=O) groups excluding carboxylic acids is 1. The first-order valence-electron chi connectivity index (χ1n) is 10.5. The highest BCUT2D eigenvalue weighted by atomic mass is 19.1. The molecule has 1 aliphatic heterocycles. The molecule has 1 amide bonds. The van der Waals surface area contributed by atoms with E-state index < -0.39 is 41.8 Å². The number of hydrogen-bond donors (Lipinski definition) is 2. The van der Waals surface area contributed by atoms with Crippen LogP contribution in [0.2, 0.25) is 0 Å². The molecule has 2 aromatic rings. The van der Waals surface area contributed by atoms with Crippen molar-refractivity contribution < 1.29 is 33.1 Å².